The molecule has 0 aliphatic heterocycles. The molecule has 0 aliphatic carbocycles. The first-order valence-electron chi connectivity index (χ1n) is 7.60. The van der Waals surface area contributed by atoms with Crippen molar-refractivity contribution in [3.63, 3.8) is 0 Å². The Morgan fingerprint density at radius 3 is 2.81 bits per heavy atom. The van der Waals surface area contributed by atoms with Gasteiger partial charge in [0.15, 0.2) is 5.82 Å². The second-order valence-corrected chi connectivity index (χ2v) is 8.05. The van der Waals surface area contributed by atoms with Gasteiger partial charge in [0.25, 0.3) is 0 Å². The fourth-order valence-electron chi connectivity index (χ4n) is 2.29. The number of carbonyl (C=O) groups excluding carboxylic acids is 1. The molecule has 6 nitrogen and oxygen atoms in total. The van der Waals surface area contributed by atoms with Crippen molar-refractivity contribution < 1.29 is 4.79 Å². The number of hydrogen-bond donors (Lipinski definition) is 2. The highest BCUT2D eigenvalue weighted by atomic mass is 127. The first-order chi connectivity index (χ1) is 12.5. The van der Waals surface area contributed by atoms with Crippen molar-refractivity contribution in [2.24, 2.45) is 0 Å². The van der Waals surface area contributed by atoms with Crippen molar-refractivity contribution in [2.45, 2.75) is 12.1 Å². The second-order valence-electron chi connectivity index (χ2n) is 5.45. The molecule has 0 radical (unpaired) electrons. The Morgan fingerprint density at radius 2 is 2.08 bits per heavy atom. The highest BCUT2D eigenvalue weighted by Crippen LogP contribution is 2.27. The van der Waals surface area contributed by atoms with E-state index in [1.54, 1.807) is 6.07 Å². The van der Waals surface area contributed by atoms with Gasteiger partial charge in [-0.1, -0.05) is 35.5 Å². The number of nitrogens with two attached hydrogens (primary N) is 1. The summed E-state index contributed by atoms with van der Waals surface area (Å²) in [7, 11) is 0. The maximum Gasteiger partial charge on any atom is 0.234 e. The van der Waals surface area contributed by atoms with Crippen LogP contribution in [-0.2, 0) is 4.79 Å². The number of hydrogen-bond acceptors (Lipinski definition) is 5. The van der Waals surface area contributed by atoms with E-state index in [9.17, 15) is 4.79 Å². The zero-order chi connectivity index (χ0) is 18.7. The van der Waals surface area contributed by atoms with Gasteiger partial charge in [-0.15, -0.1) is 10.2 Å². The molecule has 1 heterocycles. The molecule has 3 rings (SSSR count). The topological polar surface area (TPSA) is 85.8 Å². The predicted molar refractivity (Wildman–Crippen MR) is 114 cm³/mol. The Bertz CT molecular complexity index is 962. The van der Waals surface area contributed by atoms with Crippen LogP contribution in [0.3, 0.4) is 0 Å². The lowest BCUT2D eigenvalue weighted by molar-refractivity contribution is -0.113. The van der Waals surface area contributed by atoms with Gasteiger partial charge >= 0.3 is 0 Å². The van der Waals surface area contributed by atoms with Gasteiger partial charge in [-0.3, -0.25) is 4.79 Å². The van der Waals surface area contributed by atoms with E-state index in [0.29, 0.717) is 21.6 Å². The predicted octanol–water partition coefficient (Wildman–Crippen LogP) is 3.96. The van der Waals surface area contributed by atoms with Gasteiger partial charge in [-0.25, -0.2) is 4.68 Å². The molecule has 2 aromatic carbocycles. The quantitative estimate of drug-likeness (QED) is 0.315. The average molecular weight is 500 g/mol. The zero-order valence-corrected chi connectivity index (χ0v) is 17.5. The van der Waals surface area contributed by atoms with Crippen LogP contribution >= 0.6 is 46.0 Å². The highest BCUT2D eigenvalue weighted by molar-refractivity contribution is 14.1. The van der Waals surface area contributed by atoms with Crippen LogP contribution in [0, 0.1) is 10.5 Å². The summed E-state index contributed by atoms with van der Waals surface area (Å²) < 4.78 is 2.46. The summed E-state index contributed by atoms with van der Waals surface area (Å²) >= 11 is 9.62. The van der Waals surface area contributed by atoms with Gasteiger partial charge < -0.3 is 11.2 Å². The number of nitrogens with one attached hydrogen (secondary N) is 1. The molecule has 0 unspecified atom stereocenters. The summed E-state index contributed by atoms with van der Waals surface area (Å²) in [5.41, 5.74) is 2.50. The molecule has 0 spiro atoms. The van der Waals surface area contributed by atoms with Crippen molar-refractivity contribution in [3.8, 4) is 11.4 Å². The van der Waals surface area contributed by atoms with E-state index in [-0.39, 0.29) is 11.7 Å². The minimum absolute atomic E-state index is 0.137. The molecular formula is C17H15ClIN5OS. The van der Waals surface area contributed by atoms with E-state index in [1.807, 2.05) is 43.3 Å². The Balaban J connectivity index is 1.67. The molecule has 0 fully saturated rings. The highest BCUT2D eigenvalue weighted by Gasteiger charge is 2.16. The van der Waals surface area contributed by atoms with Crippen molar-refractivity contribution >= 4 is 57.5 Å². The Labute approximate surface area is 173 Å². The minimum Gasteiger partial charge on any atom is -0.335 e. The molecule has 26 heavy (non-hydrogen) atoms. The molecule has 134 valence electrons. The molecule has 0 bridgehead atoms. The number of nitrogens with zero attached hydrogens (tertiary/aromatic N) is 3. The number of aryl methyl sites for hydroxylation is 1. The second kappa shape index (κ2) is 8.28. The number of aromatic nitrogens is 3. The molecule has 1 amide bonds. The van der Waals surface area contributed by atoms with E-state index >= 15 is 0 Å². The van der Waals surface area contributed by atoms with Crippen molar-refractivity contribution in [1.82, 2.24) is 14.9 Å². The first-order valence-corrected chi connectivity index (χ1v) is 10.0. The van der Waals surface area contributed by atoms with Crippen molar-refractivity contribution in [1.29, 1.82) is 0 Å². The number of thioether (sulfide) groups is 1. The molecule has 0 aliphatic rings. The number of amides is 1. The van der Waals surface area contributed by atoms with Gasteiger partial charge in [0.2, 0.25) is 11.1 Å². The van der Waals surface area contributed by atoms with E-state index in [0.717, 1.165) is 14.8 Å². The lowest BCUT2D eigenvalue weighted by Gasteiger charge is -2.08. The van der Waals surface area contributed by atoms with Gasteiger partial charge in [-0.05, 0) is 65.4 Å². The average Bonchev–Trinajstić information content (AvgIpc) is 2.97. The van der Waals surface area contributed by atoms with Crippen molar-refractivity contribution in [3.05, 3.63) is 56.6 Å². The minimum atomic E-state index is -0.137. The number of carbonyl (C=O) groups is 1. The third-order valence-electron chi connectivity index (χ3n) is 3.57. The third-order valence-corrected chi connectivity index (χ3v) is 5.52. The SMILES string of the molecule is Cc1cc(I)ccc1NC(=O)CSc1nnc(-c2ccccc2Cl)n1N. The summed E-state index contributed by atoms with van der Waals surface area (Å²) in [4.78, 5) is 12.2. The Kier molecular flexibility index (Phi) is 6.05. The van der Waals surface area contributed by atoms with Gasteiger partial charge in [0.1, 0.15) is 0 Å². The smallest absolute Gasteiger partial charge is 0.234 e. The number of benzene rings is 2. The molecule has 0 saturated heterocycles. The molecule has 0 saturated carbocycles. The molecule has 3 aromatic rings. The number of nitrogen functional groups attached to an aromatic ring is 1. The largest absolute Gasteiger partial charge is 0.335 e. The van der Waals surface area contributed by atoms with E-state index in [4.69, 9.17) is 17.4 Å². The summed E-state index contributed by atoms with van der Waals surface area (Å²) in [5, 5.41) is 12.0. The van der Waals surface area contributed by atoms with Crippen LogP contribution in [0.15, 0.2) is 47.6 Å². The number of halogens is 2. The lowest BCUT2D eigenvalue weighted by atomic mass is 10.2. The maximum atomic E-state index is 12.2. The molecule has 0 atom stereocenters. The third kappa shape index (κ3) is 4.30. The Hall–Kier alpha value is -1.78. The molecule has 1 aromatic heterocycles. The van der Waals surface area contributed by atoms with E-state index in [2.05, 4.69) is 38.1 Å². The van der Waals surface area contributed by atoms with Crippen LogP contribution < -0.4 is 11.2 Å². The molecule has 9 heteroatoms. The van der Waals surface area contributed by atoms with Crippen molar-refractivity contribution in [2.75, 3.05) is 16.9 Å². The summed E-state index contributed by atoms with van der Waals surface area (Å²) in [6, 6.07) is 13.1. The van der Waals surface area contributed by atoms with Crippen LogP contribution in [-0.4, -0.2) is 26.5 Å². The fourth-order valence-corrected chi connectivity index (χ4v) is 3.81. The zero-order valence-electron chi connectivity index (χ0n) is 13.7. The van der Waals surface area contributed by atoms with Crippen LogP contribution in [0.2, 0.25) is 5.02 Å². The van der Waals surface area contributed by atoms with Crippen LogP contribution in [0.5, 0.6) is 0 Å². The standard InChI is InChI=1S/C17H15ClIN5OS/c1-10-8-11(19)6-7-14(10)21-15(25)9-26-17-23-22-16(24(17)20)12-4-2-3-5-13(12)18/h2-8H,9,20H2,1H3,(H,21,25). The monoisotopic (exact) mass is 499 g/mol. The lowest BCUT2D eigenvalue weighted by Crippen LogP contribution is -2.17. The summed E-state index contributed by atoms with van der Waals surface area (Å²) in [5.74, 6) is 6.55. The normalized spacial score (nSPS) is 10.7. The van der Waals surface area contributed by atoms with E-state index < -0.39 is 0 Å². The van der Waals surface area contributed by atoms with Crippen LogP contribution in [0.4, 0.5) is 5.69 Å². The van der Waals surface area contributed by atoms with Gasteiger partial charge in [0, 0.05) is 14.8 Å². The van der Waals surface area contributed by atoms with E-state index in [1.165, 1.54) is 16.4 Å². The maximum absolute atomic E-state index is 12.2. The summed E-state index contributed by atoms with van der Waals surface area (Å²) in [6.07, 6.45) is 0. The van der Waals surface area contributed by atoms with Gasteiger partial charge in [0.05, 0.1) is 10.8 Å². The van der Waals surface area contributed by atoms with Crippen LogP contribution in [0.1, 0.15) is 5.56 Å². The van der Waals surface area contributed by atoms with Crippen LogP contribution in [0.25, 0.3) is 11.4 Å². The number of anilines is 1. The first kappa shape index (κ1) is 19.0. The van der Waals surface area contributed by atoms with Gasteiger partial charge in [-0.2, -0.15) is 0 Å². The molecule has 3 N–H and O–H groups in total. The number of rotatable bonds is 5. The Morgan fingerprint density at radius 1 is 1.31 bits per heavy atom. The molecular weight excluding hydrogens is 485 g/mol. The summed E-state index contributed by atoms with van der Waals surface area (Å²) in [6.45, 7) is 1.96. The fraction of sp³-hybridized carbons (Fsp3) is 0.118.